The minimum Gasteiger partial charge on any atom is -0.490 e. The molecule has 144 valence electrons. The lowest BCUT2D eigenvalue weighted by molar-refractivity contribution is -0.138. The molecule has 0 aliphatic carbocycles. The highest BCUT2D eigenvalue weighted by Crippen LogP contribution is 2.23. The number of aryl methyl sites for hydroxylation is 1. The second-order valence-electron chi connectivity index (χ2n) is 6.66. The van der Waals surface area contributed by atoms with E-state index in [4.69, 9.17) is 9.47 Å². The van der Waals surface area contributed by atoms with Crippen LogP contribution in [0.1, 0.15) is 22.6 Å². The first-order chi connectivity index (χ1) is 13.6. The van der Waals surface area contributed by atoms with E-state index in [0.29, 0.717) is 19.6 Å². The molecular formula is C24H24O4. The zero-order valence-electron chi connectivity index (χ0n) is 15.9. The van der Waals surface area contributed by atoms with E-state index >= 15 is 0 Å². The summed E-state index contributed by atoms with van der Waals surface area (Å²) >= 11 is 0. The van der Waals surface area contributed by atoms with Gasteiger partial charge in [0.25, 0.3) is 0 Å². The van der Waals surface area contributed by atoms with Gasteiger partial charge in [0.05, 0.1) is 5.92 Å². The van der Waals surface area contributed by atoms with Crippen molar-refractivity contribution in [2.24, 2.45) is 0 Å². The summed E-state index contributed by atoms with van der Waals surface area (Å²) in [5, 5.41) is 9.56. The zero-order valence-corrected chi connectivity index (χ0v) is 15.9. The van der Waals surface area contributed by atoms with Crippen LogP contribution in [0.5, 0.6) is 11.5 Å². The lowest BCUT2D eigenvalue weighted by Crippen LogP contribution is -2.14. The Kier molecular flexibility index (Phi) is 6.68. The van der Waals surface area contributed by atoms with Crippen LogP contribution in [0.25, 0.3) is 0 Å². The normalized spacial score (nSPS) is 11.6. The van der Waals surface area contributed by atoms with Gasteiger partial charge in [-0.05, 0) is 54.3 Å². The molecular weight excluding hydrogens is 352 g/mol. The average molecular weight is 376 g/mol. The first-order valence-corrected chi connectivity index (χ1v) is 9.31. The summed E-state index contributed by atoms with van der Waals surface area (Å²) in [4.78, 5) is 11.6. The van der Waals surface area contributed by atoms with Crippen molar-refractivity contribution < 1.29 is 19.4 Å². The van der Waals surface area contributed by atoms with Crippen LogP contribution in [-0.4, -0.2) is 24.3 Å². The molecule has 4 nitrogen and oxygen atoms in total. The third-order valence-corrected chi connectivity index (χ3v) is 4.47. The molecule has 0 aliphatic heterocycles. The molecule has 0 fully saturated rings. The maximum atomic E-state index is 11.6. The molecule has 1 N–H and O–H groups in total. The topological polar surface area (TPSA) is 55.8 Å². The van der Waals surface area contributed by atoms with Gasteiger partial charge in [-0.3, -0.25) is 4.79 Å². The predicted molar refractivity (Wildman–Crippen MR) is 109 cm³/mol. The Morgan fingerprint density at radius 2 is 1.54 bits per heavy atom. The molecule has 0 saturated carbocycles. The van der Waals surface area contributed by atoms with Gasteiger partial charge in [-0.1, -0.05) is 54.6 Å². The van der Waals surface area contributed by atoms with Crippen LogP contribution in [0.15, 0.2) is 78.9 Å². The molecule has 0 saturated heterocycles. The number of carbonyl (C=O) groups is 1. The molecule has 0 bridgehead atoms. The maximum absolute atomic E-state index is 11.6. The van der Waals surface area contributed by atoms with Crippen LogP contribution < -0.4 is 9.47 Å². The Bertz CT molecular complexity index is 888. The van der Waals surface area contributed by atoms with Gasteiger partial charge in [0.2, 0.25) is 0 Å². The van der Waals surface area contributed by atoms with Crippen molar-refractivity contribution in [2.45, 2.75) is 19.3 Å². The van der Waals surface area contributed by atoms with E-state index < -0.39 is 11.9 Å². The standard InChI is InChI=1S/C24H24O4/c1-18-6-5-9-22(16-18)28-15-14-27-21-12-10-19(11-13-21)17-23(24(25)26)20-7-3-2-4-8-20/h2-13,16,23H,14-15,17H2,1H3,(H,25,26). The van der Waals surface area contributed by atoms with E-state index in [0.717, 1.165) is 28.2 Å². The van der Waals surface area contributed by atoms with Crippen LogP contribution in [0, 0.1) is 6.92 Å². The van der Waals surface area contributed by atoms with Crippen molar-refractivity contribution in [3.05, 3.63) is 95.6 Å². The van der Waals surface area contributed by atoms with Gasteiger partial charge in [-0.2, -0.15) is 0 Å². The first kappa shape index (κ1) is 19.5. The number of benzene rings is 3. The number of carboxylic acid groups (broad SMARTS) is 1. The molecule has 28 heavy (non-hydrogen) atoms. The molecule has 4 heteroatoms. The van der Waals surface area contributed by atoms with E-state index in [1.165, 1.54) is 0 Å². The molecule has 0 radical (unpaired) electrons. The Morgan fingerprint density at radius 1 is 0.857 bits per heavy atom. The van der Waals surface area contributed by atoms with E-state index in [9.17, 15) is 9.90 Å². The summed E-state index contributed by atoms with van der Waals surface area (Å²) in [7, 11) is 0. The monoisotopic (exact) mass is 376 g/mol. The van der Waals surface area contributed by atoms with Gasteiger partial charge in [-0.25, -0.2) is 0 Å². The molecule has 0 heterocycles. The molecule has 0 aromatic heterocycles. The van der Waals surface area contributed by atoms with Crippen molar-refractivity contribution in [3.8, 4) is 11.5 Å². The Balaban J connectivity index is 1.51. The average Bonchev–Trinajstić information content (AvgIpc) is 2.71. The number of hydrogen-bond acceptors (Lipinski definition) is 3. The van der Waals surface area contributed by atoms with Gasteiger partial charge in [0, 0.05) is 0 Å². The molecule has 0 spiro atoms. The fraction of sp³-hybridized carbons (Fsp3) is 0.208. The van der Waals surface area contributed by atoms with Crippen LogP contribution in [0.3, 0.4) is 0 Å². The molecule has 3 aromatic rings. The Morgan fingerprint density at radius 3 is 2.18 bits per heavy atom. The molecule has 1 unspecified atom stereocenters. The second-order valence-corrected chi connectivity index (χ2v) is 6.66. The summed E-state index contributed by atoms with van der Waals surface area (Å²) in [6.45, 7) is 2.92. The van der Waals surface area contributed by atoms with Crippen molar-refractivity contribution in [3.63, 3.8) is 0 Å². The van der Waals surface area contributed by atoms with Gasteiger partial charge < -0.3 is 14.6 Å². The van der Waals surface area contributed by atoms with E-state index in [1.54, 1.807) is 0 Å². The molecule has 3 aromatic carbocycles. The number of rotatable bonds is 9. The summed E-state index contributed by atoms with van der Waals surface area (Å²) in [6, 6.07) is 24.8. The fourth-order valence-corrected chi connectivity index (χ4v) is 3.01. The minimum atomic E-state index is -0.820. The Labute approximate surface area is 165 Å². The maximum Gasteiger partial charge on any atom is 0.311 e. The van der Waals surface area contributed by atoms with Crippen LogP contribution in [0.4, 0.5) is 0 Å². The molecule has 0 aliphatic rings. The van der Waals surface area contributed by atoms with Gasteiger partial charge in [-0.15, -0.1) is 0 Å². The lowest BCUT2D eigenvalue weighted by atomic mass is 9.92. The predicted octanol–water partition coefficient (Wildman–Crippen LogP) is 4.86. The number of aliphatic carboxylic acids is 1. The number of carboxylic acids is 1. The van der Waals surface area contributed by atoms with Crippen molar-refractivity contribution in [1.29, 1.82) is 0 Å². The van der Waals surface area contributed by atoms with E-state index in [1.807, 2.05) is 85.8 Å². The quantitative estimate of drug-likeness (QED) is 0.542. The smallest absolute Gasteiger partial charge is 0.311 e. The number of hydrogen-bond donors (Lipinski definition) is 1. The minimum absolute atomic E-state index is 0.440. The first-order valence-electron chi connectivity index (χ1n) is 9.31. The fourth-order valence-electron chi connectivity index (χ4n) is 3.01. The van der Waals surface area contributed by atoms with Crippen LogP contribution in [0.2, 0.25) is 0 Å². The van der Waals surface area contributed by atoms with Gasteiger partial charge >= 0.3 is 5.97 Å². The molecule has 3 rings (SSSR count). The van der Waals surface area contributed by atoms with Gasteiger partial charge in [0.15, 0.2) is 0 Å². The zero-order chi connectivity index (χ0) is 19.8. The number of ether oxygens (including phenoxy) is 2. The van der Waals surface area contributed by atoms with Crippen molar-refractivity contribution in [2.75, 3.05) is 13.2 Å². The summed E-state index contributed by atoms with van der Waals surface area (Å²) in [5.41, 5.74) is 2.92. The summed E-state index contributed by atoms with van der Waals surface area (Å²) in [6.07, 6.45) is 0.441. The Hall–Kier alpha value is -3.27. The molecule has 0 amide bonds. The molecule has 1 atom stereocenters. The highest BCUT2D eigenvalue weighted by atomic mass is 16.5. The van der Waals surface area contributed by atoms with E-state index in [-0.39, 0.29) is 0 Å². The summed E-state index contributed by atoms with van der Waals surface area (Å²) in [5.74, 6) is 0.193. The van der Waals surface area contributed by atoms with Crippen molar-refractivity contribution >= 4 is 5.97 Å². The highest BCUT2D eigenvalue weighted by molar-refractivity contribution is 5.76. The van der Waals surface area contributed by atoms with Crippen molar-refractivity contribution in [1.82, 2.24) is 0 Å². The third kappa shape index (κ3) is 5.61. The lowest BCUT2D eigenvalue weighted by Gasteiger charge is -2.13. The van der Waals surface area contributed by atoms with E-state index in [2.05, 4.69) is 0 Å². The highest BCUT2D eigenvalue weighted by Gasteiger charge is 2.19. The largest absolute Gasteiger partial charge is 0.490 e. The second kappa shape index (κ2) is 9.60. The van der Waals surface area contributed by atoms with Crippen LogP contribution >= 0.6 is 0 Å². The third-order valence-electron chi connectivity index (χ3n) is 4.47. The summed E-state index contributed by atoms with van der Waals surface area (Å²) < 4.78 is 11.4. The van der Waals surface area contributed by atoms with Gasteiger partial charge in [0.1, 0.15) is 24.7 Å². The SMILES string of the molecule is Cc1cccc(OCCOc2ccc(CC(C(=O)O)c3ccccc3)cc2)c1. The van der Waals surface area contributed by atoms with Crippen LogP contribution in [-0.2, 0) is 11.2 Å².